The predicted octanol–water partition coefficient (Wildman–Crippen LogP) is 0.328. The summed E-state index contributed by atoms with van der Waals surface area (Å²) >= 11 is 0. The zero-order valence-corrected chi connectivity index (χ0v) is 4.27. The molecule has 0 aromatic heterocycles. The molecular formula is C4H11NO. The van der Waals surface area contributed by atoms with Crippen LogP contribution in [0.1, 0.15) is 13.3 Å². The lowest BCUT2D eigenvalue weighted by molar-refractivity contribution is 0.105. The predicted molar refractivity (Wildman–Crippen MR) is 25.3 cm³/mol. The van der Waals surface area contributed by atoms with E-state index in [1.54, 1.807) is 7.11 Å². The first-order chi connectivity index (χ1) is 2.81. The highest BCUT2D eigenvalue weighted by atomic mass is 16.5. The van der Waals surface area contributed by atoms with Crippen LogP contribution in [0.3, 0.4) is 0 Å². The van der Waals surface area contributed by atoms with Crippen LogP contribution in [-0.4, -0.2) is 13.3 Å². The van der Waals surface area contributed by atoms with Crippen molar-refractivity contribution in [3.63, 3.8) is 0 Å². The van der Waals surface area contributed by atoms with Crippen molar-refractivity contribution >= 4 is 0 Å². The van der Waals surface area contributed by atoms with Gasteiger partial charge in [-0.3, -0.25) is 0 Å². The molecule has 0 aromatic carbocycles. The Morgan fingerprint density at radius 1 is 1.83 bits per heavy atom. The fourth-order valence-corrected chi connectivity index (χ4v) is 0.167. The molecule has 0 fully saturated rings. The Morgan fingerprint density at radius 3 is 2.33 bits per heavy atom. The van der Waals surface area contributed by atoms with Crippen LogP contribution in [0.2, 0.25) is 0 Å². The van der Waals surface area contributed by atoms with Crippen LogP contribution in [0.25, 0.3) is 0 Å². The van der Waals surface area contributed by atoms with Gasteiger partial charge in [0.25, 0.3) is 0 Å². The Morgan fingerprint density at radius 2 is 2.33 bits per heavy atom. The minimum Gasteiger partial charge on any atom is -0.367 e. The maximum absolute atomic E-state index is 5.25. The van der Waals surface area contributed by atoms with Crippen molar-refractivity contribution < 1.29 is 4.74 Å². The van der Waals surface area contributed by atoms with Crippen LogP contribution < -0.4 is 5.73 Å². The summed E-state index contributed by atoms with van der Waals surface area (Å²) in [6.07, 6.45) is 0.821. The summed E-state index contributed by atoms with van der Waals surface area (Å²) in [4.78, 5) is 0. The van der Waals surface area contributed by atoms with Crippen molar-refractivity contribution in [1.82, 2.24) is 0 Å². The van der Waals surface area contributed by atoms with Crippen molar-refractivity contribution in [1.29, 1.82) is 0 Å². The van der Waals surface area contributed by atoms with Gasteiger partial charge in [-0.25, -0.2) is 0 Å². The fraction of sp³-hybridized carbons (Fsp3) is 1.00. The van der Waals surface area contributed by atoms with E-state index in [4.69, 9.17) is 5.73 Å². The monoisotopic (exact) mass is 89.1 g/mol. The molecule has 6 heavy (non-hydrogen) atoms. The highest BCUT2D eigenvalue weighted by molar-refractivity contribution is 4.35. The number of ether oxygens (including phenoxy) is 1. The molecule has 0 rings (SSSR count). The van der Waals surface area contributed by atoms with Crippen molar-refractivity contribution in [2.45, 2.75) is 19.6 Å². The number of hydrogen-bond acceptors (Lipinski definition) is 2. The summed E-state index contributed by atoms with van der Waals surface area (Å²) in [7, 11) is 1.61. The summed E-state index contributed by atoms with van der Waals surface area (Å²) in [6.45, 7) is 1.98. The first-order valence-electron chi connectivity index (χ1n) is 2.09. The van der Waals surface area contributed by atoms with Crippen LogP contribution in [0.4, 0.5) is 0 Å². The molecule has 0 bridgehead atoms. The van der Waals surface area contributed by atoms with Crippen molar-refractivity contribution in [3.05, 3.63) is 0 Å². The number of nitrogens with two attached hydrogens (primary N) is 1. The van der Waals surface area contributed by atoms with Gasteiger partial charge in [-0.15, -0.1) is 0 Å². The Kier molecular flexibility index (Phi) is 3.08. The first-order valence-corrected chi connectivity index (χ1v) is 2.09. The van der Waals surface area contributed by atoms with Crippen LogP contribution in [0.15, 0.2) is 0 Å². The van der Waals surface area contributed by atoms with Gasteiger partial charge in [0.05, 0.1) is 0 Å². The van der Waals surface area contributed by atoms with Gasteiger partial charge >= 0.3 is 0 Å². The molecule has 0 radical (unpaired) electrons. The van der Waals surface area contributed by atoms with E-state index in [1.807, 2.05) is 6.92 Å². The summed E-state index contributed by atoms with van der Waals surface area (Å²) in [5.74, 6) is 0. The van der Waals surface area contributed by atoms with E-state index in [2.05, 4.69) is 4.74 Å². The standard InChI is InChI=1S/C4H11NO/c1-3-4(5)6-2/h4H,3,5H2,1-2H3/t4-/m0/s1. The fourth-order valence-electron chi connectivity index (χ4n) is 0.167. The van der Waals surface area contributed by atoms with Crippen LogP contribution in [0, 0.1) is 0 Å². The van der Waals surface area contributed by atoms with E-state index in [9.17, 15) is 0 Å². The van der Waals surface area contributed by atoms with Gasteiger partial charge in [-0.05, 0) is 6.42 Å². The lowest BCUT2D eigenvalue weighted by Crippen LogP contribution is -2.19. The van der Waals surface area contributed by atoms with Crippen LogP contribution in [-0.2, 0) is 4.74 Å². The number of methoxy groups -OCH3 is 1. The molecule has 2 nitrogen and oxygen atoms in total. The minimum absolute atomic E-state index is 0.0648. The van der Waals surface area contributed by atoms with Crippen LogP contribution >= 0.6 is 0 Å². The molecule has 0 saturated heterocycles. The molecule has 0 aliphatic carbocycles. The molecule has 0 amide bonds. The van der Waals surface area contributed by atoms with Gasteiger partial charge in [-0.2, -0.15) is 0 Å². The summed E-state index contributed by atoms with van der Waals surface area (Å²) < 4.78 is 4.68. The molecule has 38 valence electrons. The number of hydrogen-bond donors (Lipinski definition) is 1. The third kappa shape index (κ3) is 2.18. The molecule has 0 aliphatic rings. The highest BCUT2D eigenvalue weighted by Crippen LogP contribution is 1.81. The van der Waals surface area contributed by atoms with E-state index in [-0.39, 0.29) is 6.23 Å². The molecule has 2 N–H and O–H groups in total. The molecule has 2 heteroatoms. The quantitative estimate of drug-likeness (QED) is 0.495. The second-order valence-corrected chi connectivity index (χ2v) is 1.18. The Hall–Kier alpha value is -0.0800. The average Bonchev–Trinajstić information content (AvgIpc) is 1.65. The van der Waals surface area contributed by atoms with Crippen molar-refractivity contribution in [2.75, 3.05) is 7.11 Å². The van der Waals surface area contributed by atoms with Crippen molar-refractivity contribution in [2.24, 2.45) is 5.73 Å². The van der Waals surface area contributed by atoms with Crippen LogP contribution in [0.5, 0.6) is 0 Å². The summed E-state index contributed by atoms with van der Waals surface area (Å²) in [5.41, 5.74) is 5.25. The number of rotatable bonds is 2. The Balaban J connectivity index is 2.75. The van der Waals surface area contributed by atoms with Gasteiger partial charge in [0.2, 0.25) is 0 Å². The smallest absolute Gasteiger partial charge is 0.104 e. The topological polar surface area (TPSA) is 35.2 Å². The molecule has 0 unspecified atom stereocenters. The molecule has 0 saturated carbocycles. The average molecular weight is 89.1 g/mol. The lowest BCUT2D eigenvalue weighted by Gasteiger charge is -2.01. The molecule has 0 spiro atoms. The summed E-state index contributed by atoms with van der Waals surface area (Å²) in [6, 6.07) is 0. The molecule has 0 aromatic rings. The molecule has 0 heterocycles. The van der Waals surface area contributed by atoms with Gasteiger partial charge in [0.15, 0.2) is 0 Å². The lowest BCUT2D eigenvalue weighted by atomic mass is 10.4. The zero-order valence-electron chi connectivity index (χ0n) is 4.27. The SMILES string of the molecule is CC[C@@H](N)OC. The zero-order chi connectivity index (χ0) is 4.99. The van der Waals surface area contributed by atoms with Gasteiger partial charge < -0.3 is 10.5 Å². The summed E-state index contributed by atoms with van der Waals surface area (Å²) in [5, 5.41) is 0. The van der Waals surface area contributed by atoms with Crippen molar-refractivity contribution in [3.8, 4) is 0 Å². The molecular weight excluding hydrogens is 78.0 g/mol. The third-order valence-electron chi connectivity index (χ3n) is 0.705. The molecule has 0 aliphatic heterocycles. The van der Waals surface area contributed by atoms with Gasteiger partial charge in [0.1, 0.15) is 6.23 Å². The van der Waals surface area contributed by atoms with E-state index < -0.39 is 0 Å². The second-order valence-electron chi connectivity index (χ2n) is 1.18. The normalized spacial score (nSPS) is 14.5. The maximum Gasteiger partial charge on any atom is 0.104 e. The maximum atomic E-state index is 5.25. The highest BCUT2D eigenvalue weighted by Gasteiger charge is 1.88. The van der Waals surface area contributed by atoms with E-state index in [0.717, 1.165) is 6.42 Å². The Labute approximate surface area is 38.3 Å². The van der Waals surface area contributed by atoms with E-state index in [1.165, 1.54) is 0 Å². The minimum atomic E-state index is -0.0648. The molecule has 1 atom stereocenters. The van der Waals surface area contributed by atoms with Gasteiger partial charge in [-0.1, -0.05) is 6.92 Å². The van der Waals surface area contributed by atoms with E-state index >= 15 is 0 Å². The largest absolute Gasteiger partial charge is 0.367 e. The van der Waals surface area contributed by atoms with E-state index in [0.29, 0.717) is 0 Å². The Bertz CT molecular complexity index is 26.7. The second kappa shape index (κ2) is 3.12. The first kappa shape index (κ1) is 5.92. The third-order valence-corrected chi connectivity index (χ3v) is 0.705. The van der Waals surface area contributed by atoms with Gasteiger partial charge in [0, 0.05) is 7.11 Å².